The standard InChI is InChI=1S/C16H22ClNO2/c1-11(2)10-18(13-5-3-4-6-13)16(20)12-7-8-15(19)14(17)9-12/h7-9,11,13,19H,3-6,10H2,1-2H3. The van der Waals surface area contributed by atoms with Gasteiger partial charge in [-0.25, -0.2) is 0 Å². The summed E-state index contributed by atoms with van der Waals surface area (Å²) in [7, 11) is 0. The molecule has 3 nitrogen and oxygen atoms in total. The third kappa shape index (κ3) is 3.45. The van der Waals surface area contributed by atoms with E-state index in [1.54, 1.807) is 12.1 Å². The molecule has 0 heterocycles. The Morgan fingerprint density at radius 3 is 2.60 bits per heavy atom. The van der Waals surface area contributed by atoms with Crippen LogP contribution in [-0.4, -0.2) is 28.5 Å². The predicted molar refractivity (Wildman–Crippen MR) is 81.2 cm³/mol. The van der Waals surface area contributed by atoms with Crippen molar-refractivity contribution < 1.29 is 9.90 Å². The molecule has 1 aromatic rings. The molecule has 1 amide bonds. The molecule has 1 saturated carbocycles. The first-order chi connectivity index (χ1) is 9.49. The van der Waals surface area contributed by atoms with E-state index >= 15 is 0 Å². The average Bonchev–Trinajstić information content (AvgIpc) is 2.92. The molecule has 1 aromatic carbocycles. The molecule has 0 atom stereocenters. The van der Waals surface area contributed by atoms with Crippen molar-refractivity contribution in [3.63, 3.8) is 0 Å². The maximum absolute atomic E-state index is 12.7. The SMILES string of the molecule is CC(C)CN(C(=O)c1ccc(O)c(Cl)c1)C1CCCC1. The maximum atomic E-state index is 12.7. The van der Waals surface area contributed by atoms with E-state index in [1.807, 2.05) is 4.90 Å². The van der Waals surface area contributed by atoms with E-state index in [4.69, 9.17) is 11.6 Å². The van der Waals surface area contributed by atoms with Gasteiger partial charge in [-0.2, -0.15) is 0 Å². The minimum Gasteiger partial charge on any atom is -0.506 e. The number of carbonyl (C=O) groups is 1. The molecule has 110 valence electrons. The molecule has 1 aliphatic rings. The summed E-state index contributed by atoms with van der Waals surface area (Å²) in [5.41, 5.74) is 0.556. The van der Waals surface area contributed by atoms with Gasteiger partial charge >= 0.3 is 0 Å². The summed E-state index contributed by atoms with van der Waals surface area (Å²) in [6.07, 6.45) is 4.57. The van der Waals surface area contributed by atoms with Gasteiger partial charge in [0.2, 0.25) is 0 Å². The second kappa shape index (κ2) is 6.49. The van der Waals surface area contributed by atoms with Gasteiger partial charge in [0, 0.05) is 18.2 Å². The van der Waals surface area contributed by atoms with Gasteiger partial charge in [-0.05, 0) is 37.0 Å². The minimum absolute atomic E-state index is 0.0134. The third-order valence-electron chi connectivity index (χ3n) is 3.78. The number of benzene rings is 1. The van der Waals surface area contributed by atoms with Crippen molar-refractivity contribution in [2.45, 2.75) is 45.6 Å². The van der Waals surface area contributed by atoms with Gasteiger partial charge in [0.25, 0.3) is 5.91 Å². The summed E-state index contributed by atoms with van der Waals surface area (Å²) in [4.78, 5) is 14.7. The number of halogens is 1. The smallest absolute Gasteiger partial charge is 0.254 e. The van der Waals surface area contributed by atoms with Crippen LogP contribution in [0.25, 0.3) is 0 Å². The van der Waals surface area contributed by atoms with Crippen LogP contribution in [0, 0.1) is 5.92 Å². The predicted octanol–water partition coefficient (Wildman–Crippen LogP) is 4.09. The van der Waals surface area contributed by atoms with Crippen LogP contribution in [-0.2, 0) is 0 Å². The van der Waals surface area contributed by atoms with E-state index in [0.29, 0.717) is 17.5 Å². The van der Waals surface area contributed by atoms with Crippen LogP contribution in [0.2, 0.25) is 5.02 Å². The lowest BCUT2D eigenvalue weighted by Gasteiger charge is -2.30. The Labute approximate surface area is 125 Å². The molecule has 0 radical (unpaired) electrons. The first-order valence-corrected chi connectivity index (χ1v) is 7.66. The van der Waals surface area contributed by atoms with Crippen molar-refractivity contribution in [3.05, 3.63) is 28.8 Å². The maximum Gasteiger partial charge on any atom is 0.254 e. The van der Waals surface area contributed by atoms with E-state index < -0.39 is 0 Å². The molecule has 1 N–H and O–H groups in total. The lowest BCUT2D eigenvalue weighted by Crippen LogP contribution is -2.41. The van der Waals surface area contributed by atoms with Gasteiger partial charge in [-0.1, -0.05) is 38.3 Å². The number of nitrogens with zero attached hydrogens (tertiary/aromatic N) is 1. The third-order valence-corrected chi connectivity index (χ3v) is 4.09. The summed E-state index contributed by atoms with van der Waals surface area (Å²) in [6.45, 7) is 5.01. The second-order valence-corrected chi connectivity index (χ2v) is 6.36. The van der Waals surface area contributed by atoms with Crippen molar-refractivity contribution in [2.24, 2.45) is 5.92 Å². The zero-order valence-electron chi connectivity index (χ0n) is 12.1. The zero-order valence-corrected chi connectivity index (χ0v) is 12.9. The normalized spacial score (nSPS) is 15.8. The lowest BCUT2D eigenvalue weighted by molar-refractivity contribution is 0.0655. The van der Waals surface area contributed by atoms with E-state index in [0.717, 1.165) is 19.4 Å². The highest BCUT2D eigenvalue weighted by atomic mass is 35.5. The van der Waals surface area contributed by atoms with Crippen molar-refractivity contribution in [3.8, 4) is 5.75 Å². The fraction of sp³-hybridized carbons (Fsp3) is 0.562. The largest absolute Gasteiger partial charge is 0.506 e. The average molecular weight is 296 g/mol. The summed E-state index contributed by atoms with van der Waals surface area (Å²) in [6, 6.07) is 5.03. The van der Waals surface area contributed by atoms with Crippen molar-refractivity contribution in [1.29, 1.82) is 0 Å². The van der Waals surface area contributed by atoms with Crippen LogP contribution >= 0.6 is 11.6 Å². The fourth-order valence-corrected chi connectivity index (χ4v) is 2.99. The van der Waals surface area contributed by atoms with Gasteiger partial charge in [0.15, 0.2) is 0 Å². The highest BCUT2D eigenvalue weighted by molar-refractivity contribution is 6.32. The Balaban J connectivity index is 2.22. The first-order valence-electron chi connectivity index (χ1n) is 7.28. The number of phenols is 1. The van der Waals surface area contributed by atoms with Crippen LogP contribution in [0.3, 0.4) is 0 Å². The van der Waals surface area contributed by atoms with Crippen LogP contribution in [0.15, 0.2) is 18.2 Å². The molecule has 0 aliphatic heterocycles. The Morgan fingerprint density at radius 1 is 1.40 bits per heavy atom. The molecule has 20 heavy (non-hydrogen) atoms. The highest BCUT2D eigenvalue weighted by Crippen LogP contribution is 2.28. The van der Waals surface area contributed by atoms with Crippen molar-refractivity contribution in [1.82, 2.24) is 4.90 Å². The summed E-state index contributed by atoms with van der Waals surface area (Å²) < 4.78 is 0. The number of carbonyl (C=O) groups excluding carboxylic acids is 1. The Bertz CT molecular complexity index is 481. The molecular formula is C16H22ClNO2. The number of hydrogen-bond donors (Lipinski definition) is 1. The molecule has 4 heteroatoms. The Morgan fingerprint density at radius 2 is 2.05 bits per heavy atom. The lowest BCUT2D eigenvalue weighted by atomic mass is 10.1. The van der Waals surface area contributed by atoms with Crippen LogP contribution in [0.4, 0.5) is 0 Å². The second-order valence-electron chi connectivity index (χ2n) is 5.96. The van der Waals surface area contributed by atoms with Gasteiger partial charge in [0.05, 0.1) is 5.02 Å². The molecule has 0 saturated heterocycles. The van der Waals surface area contributed by atoms with Gasteiger partial charge in [-0.3, -0.25) is 4.79 Å². The molecule has 0 unspecified atom stereocenters. The van der Waals surface area contributed by atoms with Crippen LogP contribution < -0.4 is 0 Å². The van der Waals surface area contributed by atoms with Gasteiger partial charge in [-0.15, -0.1) is 0 Å². The molecule has 2 rings (SSSR count). The highest BCUT2D eigenvalue weighted by Gasteiger charge is 2.28. The zero-order chi connectivity index (χ0) is 14.7. The quantitative estimate of drug-likeness (QED) is 0.909. The van der Waals surface area contributed by atoms with Crippen molar-refractivity contribution >= 4 is 17.5 Å². The number of hydrogen-bond acceptors (Lipinski definition) is 2. The number of phenolic OH excluding ortho intramolecular Hbond substituents is 1. The van der Waals surface area contributed by atoms with E-state index in [9.17, 15) is 9.90 Å². The van der Waals surface area contributed by atoms with Crippen LogP contribution in [0.1, 0.15) is 49.9 Å². The number of amides is 1. The number of rotatable bonds is 4. The van der Waals surface area contributed by atoms with Crippen molar-refractivity contribution in [2.75, 3.05) is 6.54 Å². The Kier molecular flexibility index (Phi) is 4.92. The van der Waals surface area contributed by atoms with E-state index in [2.05, 4.69) is 13.8 Å². The summed E-state index contributed by atoms with van der Waals surface area (Å²) in [5, 5.41) is 9.69. The fourth-order valence-electron chi connectivity index (χ4n) is 2.81. The van der Waals surface area contributed by atoms with Gasteiger partial charge < -0.3 is 10.0 Å². The molecule has 1 fully saturated rings. The van der Waals surface area contributed by atoms with Gasteiger partial charge in [0.1, 0.15) is 5.75 Å². The minimum atomic E-state index is 0.0134. The van der Waals surface area contributed by atoms with Crippen LogP contribution in [0.5, 0.6) is 5.75 Å². The molecule has 0 aromatic heterocycles. The number of aromatic hydroxyl groups is 1. The molecule has 1 aliphatic carbocycles. The topological polar surface area (TPSA) is 40.5 Å². The Hall–Kier alpha value is -1.22. The summed E-state index contributed by atoms with van der Waals surface area (Å²) >= 11 is 5.91. The van der Waals surface area contributed by atoms with E-state index in [-0.39, 0.29) is 16.7 Å². The van der Waals surface area contributed by atoms with E-state index in [1.165, 1.54) is 18.9 Å². The molecular weight excluding hydrogens is 274 g/mol. The molecule has 0 spiro atoms. The molecule has 0 bridgehead atoms. The summed E-state index contributed by atoms with van der Waals surface area (Å²) in [5.74, 6) is 0.471. The monoisotopic (exact) mass is 295 g/mol. The first kappa shape index (κ1) is 15.2.